The van der Waals surface area contributed by atoms with Crippen molar-refractivity contribution < 1.29 is 4.79 Å². The molecule has 0 fully saturated rings. The highest BCUT2D eigenvalue weighted by molar-refractivity contribution is 7.16. The van der Waals surface area contributed by atoms with Gasteiger partial charge in [-0.3, -0.25) is 4.79 Å². The Hall–Kier alpha value is -1.54. The van der Waals surface area contributed by atoms with Gasteiger partial charge in [0.1, 0.15) is 11.1 Å². The summed E-state index contributed by atoms with van der Waals surface area (Å²) >= 11 is 13.1. The molecule has 0 aliphatic carbocycles. The summed E-state index contributed by atoms with van der Waals surface area (Å²) in [4.78, 5) is 13.2. The van der Waals surface area contributed by atoms with Crippen molar-refractivity contribution in [3.8, 4) is 6.07 Å². The fourth-order valence-electron chi connectivity index (χ4n) is 1.71. The van der Waals surface area contributed by atoms with Crippen molar-refractivity contribution in [3.05, 3.63) is 49.8 Å². The second kappa shape index (κ2) is 5.84. The number of benzene rings is 1. The lowest BCUT2D eigenvalue weighted by Gasteiger charge is -2.04. The zero-order valence-electron chi connectivity index (χ0n) is 10.8. The Morgan fingerprint density at radius 2 is 1.85 bits per heavy atom. The molecule has 1 heterocycles. The van der Waals surface area contributed by atoms with Gasteiger partial charge in [0.2, 0.25) is 0 Å². The molecule has 0 radical (unpaired) electrons. The van der Waals surface area contributed by atoms with E-state index in [9.17, 15) is 4.79 Å². The van der Waals surface area contributed by atoms with Crippen molar-refractivity contribution in [2.75, 3.05) is 5.32 Å². The number of carbonyl (C=O) groups is 1. The Morgan fingerprint density at radius 1 is 1.25 bits per heavy atom. The number of aryl methyl sites for hydroxylation is 1. The number of hydrogen-bond acceptors (Lipinski definition) is 3. The number of nitriles is 1. The molecular formula is C14H10Cl2N2OS. The number of amides is 1. The topological polar surface area (TPSA) is 52.9 Å². The van der Waals surface area contributed by atoms with E-state index in [4.69, 9.17) is 28.5 Å². The number of nitrogens with one attached hydrogen (secondary N) is 1. The molecule has 6 heteroatoms. The molecule has 2 rings (SSSR count). The minimum absolute atomic E-state index is 0.341. The number of thiophene rings is 1. The molecule has 1 aromatic carbocycles. The predicted molar refractivity (Wildman–Crippen MR) is 82.9 cm³/mol. The van der Waals surface area contributed by atoms with Crippen LogP contribution in [0.2, 0.25) is 10.0 Å². The van der Waals surface area contributed by atoms with E-state index < -0.39 is 0 Å². The first-order chi connectivity index (χ1) is 9.42. The maximum absolute atomic E-state index is 12.2. The molecule has 3 nitrogen and oxygen atoms in total. The number of nitrogens with zero attached hydrogens (tertiary/aromatic N) is 1. The quantitative estimate of drug-likeness (QED) is 0.862. The van der Waals surface area contributed by atoms with Crippen LogP contribution in [0.25, 0.3) is 0 Å². The van der Waals surface area contributed by atoms with Gasteiger partial charge in [-0.05, 0) is 37.6 Å². The maximum Gasteiger partial charge on any atom is 0.256 e. The summed E-state index contributed by atoms with van der Waals surface area (Å²) in [6.07, 6.45) is 0. The molecule has 0 spiro atoms. The molecule has 20 heavy (non-hydrogen) atoms. The van der Waals surface area contributed by atoms with Gasteiger partial charge in [-0.15, -0.1) is 11.3 Å². The Kier molecular flexibility index (Phi) is 4.34. The van der Waals surface area contributed by atoms with Crippen molar-refractivity contribution in [2.24, 2.45) is 0 Å². The molecule has 0 saturated heterocycles. The van der Waals surface area contributed by atoms with Crippen LogP contribution in [0.4, 0.5) is 5.00 Å². The molecule has 1 aromatic heterocycles. The normalized spacial score (nSPS) is 10.2. The summed E-state index contributed by atoms with van der Waals surface area (Å²) < 4.78 is 0. The van der Waals surface area contributed by atoms with Crippen molar-refractivity contribution in [1.82, 2.24) is 0 Å². The third-order valence-corrected chi connectivity index (χ3v) is 4.41. The zero-order valence-corrected chi connectivity index (χ0v) is 13.1. The van der Waals surface area contributed by atoms with Gasteiger partial charge < -0.3 is 5.32 Å². The largest absolute Gasteiger partial charge is 0.312 e. The smallest absolute Gasteiger partial charge is 0.256 e. The molecule has 1 N–H and O–H groups in total. The fourth-order valence-corrected chi connectivity index (χ4v) is 3.24. The van der Waals surface area contributed by atoms with Crippen molar-refractivity contribution in [2.45, 2.75) is 13.8 Å². The van der Waals surface area contributed by atoms with Crippen LogP contribution in [0, 0.1) is 25.2 Å². The third-order valence-electron chi connectivity index (χ3n) is 2.85. The van der Waals surface area contributed by atoms with Gasteiger partial charge >= 0.3 is 0 Å². The highest BCUT2D eigenvalue weighted by Crippen LogP contribution is 2.32. The number of hydrogen-bond donors (Lipinski definition) is 1. The first kappa shape index (κ1) is 14.9. The highest BCUT2D eigenvalue weighted by Gasteiger charge is 2.16. The van der Waals surface area contributed by atoms with Gasteiger partial charge in [-0.25, -0.2) is 0 Å². The monoisotopic (exact) mass is 324 g/mol. The molecule has 0 saturated carbocycles. The van der Waals surface area contributed by atoms with Crippen LogP contribution in [-0.4, -0.2) is 5.91 Å². The molecule has 2 aromatic rings. The lowest BCUT2D eigenvalue weighted by Crippen LogP contribution is -2.11. The molecule has 0 aliphatic rings. The Balaban J connectivity index is 2.33. The molecule has 102 valence electrons. The van der Waals surface area contributed by atoms with Crippen LogP contribution in [0.5, 0.6) is 0 Å². The summed E-state index contributed by atoms with van der Waals surface area (Å²) in [7, 11) is 0. The molecule has 0 aliphatic heterocycles. The fraction of sp³-hybridized carbons (Fsp3) is 0.143. The summed E-state index contributed by atoms with van der Waals surface area (Å²) in [5, 5.41) is 13.2. The summed E-state index contributed by atoms with van der Waals surface area (Å²) in [5.74, 6) is -0.341. The number of rotatable bonds is 2. The summed E-state index contributed by atoms with van der Waals surface area (Å²) in [6, 6.07) is 6.72. The van der Waals surface area contributed by atoms with Gasteiger partial charge in [0.05, 0.1) is 5.56 Å². The number of anilines is 1. The first-order valence-corrected chi connectivity index (χ1v) is 7.27. The zero-order chi connectivity index (χ0) is 14.9. The minimum atomic E-state index is -0.341. The van der Waals surface area contributed by atoms with E-state index in [-0.39, 0.29) is 5.91 Å². The van der Waals surface area contributed by atoms with Gasteiger partial charge in [0.25, 0.3) is 5.91 Å². The molecule has 0 unspecified atom stereocenters. The summed E-state index contributed by atoms with van der Waals surface area (Å²) in [6.45, 7) is 3.77. The van der Waals surface area contributed by atoms with E-state index in [1.54, 1.807) is 6.07 Å². The van der Waals surface area contributed by atoms with Crippen LogP contribution >= 0.6 is 34.5 Å². The van der Waals surface area contributed by atoms with E-state index in [1.165, 1.54) is 23.5 Å². The Morgan fingerprint density at radius 3 is 2.40 bits per heavy atom. The summed E-state index contributed by atoms with van der Waals surface area (Å²) in [5.41, 5.74) is 1.74. The predicted octanol–water partition coefficient (Wildman–Crippen LogP) is 4.80. The average Bonchev–Trinajstić information content (AvgIpc) is 2.63. The molecule has 1 amide bonds. The second-order valence-electron chi connectivity index (χ2n) is 4.21. The van der Waals surface area contributed by atoms with E-state index >= 15 is 0 Å². The standard InChI is InChI=1S/C14H10Cl2N2OS/c1-7-8(2)20-14(12(7)6-17)18-13(19)9-3-10(15)5-11(16)4-9/h3-5H,1-2H3,(H,18,19). The lowest BCUT2D eigenvalue weighted by molar-refractivity contribution is 0.102. The van der Waals surface area contributed by atoms with Crippen molar-refractivity contribution in [3.63, 3.8) is 0 Å². The van der Waals surface area contributed by atoms with Crippen molar-refractivity contribution in [1.29, 1.82) is 5.26 Å². The van der Waals surface area contributed by atoms with Gasteiger partial charge in [-0.2, -0.15) is 5.26 Å². The second-order valence-corrected chi connectivity index (χ2v) is 6.31. The molecule has 0 bridgehead atoms. The van der Waals surface area contributed by atoms with Crippen LogP contribution < -0.4 is 5.32 Å². The van der Waals surface area contributed by atoms with E-state index in [0.717, 1.165) is 10.4 Å². The van der Waals surface area contributed by atoms with Gasteiger partial charge in [0.15, 0.2) is 0 Å². The van der Waals surface area contributed by atoms with E-state index in [1.807, 2.05) is 13.8 Å². The molecule has 0 atom stereocenters. The van der Waals surface area contributed by atoms with Gasteiger partial charge in [-0.1, -0.05) is 23.2 Å². The molecular weight excluding hydrogens is 315 g/mol. The van der Waals surface area contributed by atoms with Crippen LogP contribution in [0.3, 0.4) is 0 Å². The van der Waals surface area contributed by atoms with Crippen molar-refractivity contribution >= 4 is 45.4 Å². The SMILES string of the molecule is Cc1sc(NC(=O)c2cc(Cl)cc(Cl)c2)c(C#N)c1C. The van der Waals surface area contributed by atoms with Crippen LogP contribution in [0.15, 0.2) is 18.2 Å². The highest BCUT2D eigenvalue weighted by atomic mass is 35.5. The lowest BCUT2D eigenvalue weighted by atomic mass is 10.1. The van der Waals surface area contributed by atoms with E-state index in [2.05, 4.69) is 11.4 Å². The van der Waals surface area contributed by atoms with Gasteiger partial charge in [0, 0.05) is 20.5 Å². The Labute approximate surface area is 130 Å². The third kappa shape index (κ3) is 2.96. The minimum Gasteiger partial charge on any atom is -0.312 e. The average molecular weight is 325 g/mol. The number of halogens is 2. The van der Waals surface area contributed by atoms with Crippen LogP contribution in [0.1, 0.15) is 26.4 Å². The number of carbonyl (C=O) groups excluding carboxylic acids is 1. The Bertz CT molecular complexity index is 711. The first-order valence-electron chi connectivity index (χ1n) is 5.70. The van der Waals surface area contributed by atoms with Crippen LogP contribution in [-0.2, 0) is 0 Å². The van der Waals surface area contributed by atoms with E-state index in [0.29, 0.717) is 26.2 Å². The maximum atomic E-state index is 12.2.